The third-order valence-corrected chi connectivity index (χ3v) is 3.87. The maximum absolute atomic E-state index is 12.4. The van der Waals surface area contributed by atoms with Crippen molar-refractivity contribution in [3.8, 4) is 5.75 Å². The smallest absolute Gasteiger partial charge is 0.259 e. The molecule has 3 aromatic rings. The number of carbonyl (C=O) groups is 1. The van der Waals surface area contributed by atoms with Crippen molar-refractivity contribution in [1.29, 1.82) is 0 Å². The number of phenols is 1. The van der Waals surface area contributed by atoms with Crippen molar-refractivity contribution in [1.82, 2.24) is 0 Å². The molecule has 0 aliphatic rings. The molecule has 2 N–H and O–H groups in total. The highest BCUT2D eigenvalue weighted by atomic mass is 16.3. The molecule has 0 aliphatic heterocycles. The van der Waals surface area contributed by atoms with Crippen LogP contribution < -0.4 is 5.32 Å². The standard InChI is InChI=1S/C19H17NO2/c1-12-7-8-16(9-13(12)2)20-19(22)17-10-14-5-3-4-6-15(14)11-18(17)21/h3-11,21H,1-2H3,(H,20,22). The summed E-state index contributed by atoms with van der Waals surface area (Å²) in [7, 11) is 0. The van der Waals surface area contributed by atoms with E-state index in [1.54, 1.807) is 12.1 Å². The monoisotopic (exact) mass is 291 g/mol. The van der Waals surface area contributed by atoms with Crippen LogP contribution >= 0.6 is 0 Å². The molecule has 0 radical (unpaired) electrons. The average molecular weight is 291 g/mol. The van der Waals surface area contributed by atoms with Crippen molar-refractivity contribution in [3.05, 3.63) is 71.3 Å². The van der Waals surface area contributed by atoms with E-state index in [1.165, 1.54) is 5.56 Å². The van der Waals surface area contributed by atoms with E-state index < -0.39 is 0 Å². The van der Waals surface area contributed by atoms with Crippen LogP contribution in [0.5, 0.6) is 5.75 Å². The Morgan fingerprint density at radius 2 is 1.59 bits per heavy atom. The number of phenolic OH excluding ortho intramolecular Hbond substituents is 1. The molecule has 110 valence electrons. The molecule has 0 unspecified atom stereocenters. The normalized spacial score (nSPS) is 10.6. The molecular formula is C19H17NO2. The van der Waals surface area contributed by atoms with Crippen molar-refractivity contribution in [3.63, 3.8) is 0 Å². The van der Waals surface area contributed by atoms with E-state index >= 15 is 0 Å². The van der Waals surface area contributed by atoms with Crippen LogP contribution in [0.3, 0.4) is 0 Å². The zero-order valence-electron chi connectivity index (χ0n) is 12.6. The molecule has 0 spiro atoms. The fourth-order valence-electron chi connectivity index (χ4n) is 2.43. The molecule has 0 aromatic heterocycles. The lowest BCUT2D eigenvalue weighted by Gasteiger charge is -2.10. The highest BCUT2D eigenvalue weighted by molar-refractivity contribution is 6.08. The topological polar surface area (TPSA) is 49.3 Å². The lowest BCUT2D eigenvalue weighted by atomic mass is 10.0. The van der Waals surface area contributed by atoms with E-state index in [0.29, 0.717) is 0 Å². The minimum absolute atomic E-state index is 0.0139. The van der Waals surface area contributed by atoms with E-state index in [4.69, 9.17) is 0 Å². The summed E-state index contributed by atoms with van der Waals surface area (Å²) in [6, 6.07) is 16.7. The first-order valence-corrected chi connectivity index (χ1v) is 7.15. The molecule has 3 heteroatoms. The van der Waals surface area contributed by atoms with Crippen molar-refractivity contribution in [2.45, 2.75) is 13.8 Å². The van der Waals surface area contributed by atoms with Crippen molar-refractivity contribution in [2.75, 3.05) is 5.32 Å². The van der Waals surface area contributed by atoms with Gasteiger partial charge in [0.2, 0.25) is 0 Å². The number of hydrogen-bond acceptors (Lipinski definition) is 2. The summed E-state index contributed by atoms with van der Waals surface area (Å²) in [4.78, 5) is 12.4. The first-order chi connectivity index (χ1) is 10.5. The quantitative estimate of drug-likeness (QED) is 0.734. The Balaban J connectivity index is 1.94. The second-order valence-electron chi connectivity index (χ2n) is 5.47. The van der Waals surface area contributed by atoms with Gasteiger partial charge in [-0.2, -0.15) is 0 Å². The van der Waals surface area contributed by atoms with Crippen molar-refractivity contribution >= 4 is 22.4 Å². The van der Waals surface area contributed by atoms with Gasteiger partial charge in [0, 0.05) is 5.69 Å². The van der Waals surface area contributed by atoms with Gasteiger partial charge in [0.1, 0.15) is 5.75 Å². The Hall–Kier alpha value is -2.81. The molecule has 0 bridgehead atoms. The second kappa shape index (κ2) is 5.53. The Morgan fingerprint density at radius 1 is 0.909 bits per heavy atom. The van der Waals surface area contributed by atoms with Gasteiger partial charge < -0.3 is 10.4 Å². The number of carbonyl (C=O) groups excluding carboxylic acids is 1. The summed E-state index contributed by atoms with van der Waals surface area (Å²) in [5.41, 5.74) is 3.28. The number of benzene rings is 3. The first kappa shape index (κ1) is 14.1. The lowest BCUT2D eigenvalue weighted by molar-refractivity contribution is 0.102. The van der Waals surface area contributed by atoms with Gasteiger partial charge in [-0.1, -0.05) is 30.3 Å². The molecule has 3 aromatic carbocycles. The van der Waals surface area contributed by atoms with Gasteiger partial charge in [-0.05, 0) is 60.0 Å². The number of aromatic hydroxyl groups is 1. The van der Waals surface area contributed by atoms with Gasteiger partial charge in [-0.3, -0.25) is 4.79 Å². The second-order valence-corrected chi connectivity index (χ2v) is 5.47. The Morgan fingerprint density at radius 3 is 2.27 bits per heavy atom. The molecule has 0 saturated heterocycles. The minimum Gasteiger partial charge on any atom is -0.507 e. The summed E-state index contributed by atoms with van der Waals surface area (Å²) < 4.78 is 0. The number of anilines is 1. The van der Waals surface area contributed by atoms with Gasteiger partial charge in [0.05, 0.1) is 5.56 Å². The van der Waals surface area contributed by atoms with Crippen LogP contribution in [0.2, 0.25) is 0 Å². The maximum Gasteiger partial charge on any atom is 0.259 e. The Labute approximate surface area is 129 Å². The van der Waals surface area contributed by atoms with E-state index in [2.05, 4.69) is 5.32 Å². The number of nitrogens with one attached hydrogen (secondary N) is 1. The molecule has 0 heterocycles. The first-order valence-electron chi connectivity index (χ1n) is 7.15. The zero-order chi connectivity index (χ0) is 15.7. The number of rotatable bonds is 2. The summed E-state index contributed by atoms with van der Waals surface area (Å²) in [5, 5.41) is 14.8. The molecule has 0 atom stereocenters. The van der Waals surface area contributed by atoms with E-state index in [0.717, 1.165) is 22.0 Å². The molecular weight excluding hydrogens is 274 g/mol. The van der Waals surface area contributed by atoms with Crippen LogP contribution in [-0.2, 0) is 0 Å². The highest BCUT2D eigenvalue weighted by Crippen LogP contribution is 2.26. The summed E-state index contributed by atoms with van der Waals surface area (Å²) in [6.07, 6.45) is 0. The van der Waals surface area contributed by atoms with Gasteiger partial charge in [-0.15, -0.1) is 0 Å². The fraction of sp³-hybridized carbons (Fsp3) is 0.105. The summed E-state index contributed by atoms with van der Waals surface area (Å²) in [5.74, 6) is -0.327. The molecule has 3 nitrogen and oxygen atoms in total. The fourth-order valence-corrected chi connectivity index (χ4v) is 2.43. The number of fused-ring (bicyclic) bond motifs is 1. The van der Waals surface area contributed by atoms with Gasteiger partial charge in [0.15, 0.2) is 0 Å². The number of aryl methyl sites for hydroxylation is 2. The Kier molecular flexibility index (Phi) is 3.55. The molecule has 3 rings (SSSR count). The Bertz CT molecular complexity index is 868. The summed E-state index contributed by atoms with van der Waals surface area (Å²) in [6.45, 7) is 4.02. The summed E-state index contributed by atoms with van der Waals surface area (Å²) >= 11 is 0. The lowest BCUT2D eigenvalue weighted by Crippen LogP contribution is -2.12. The third-order valence-electron chi connectivity index (χ3n) is 3.87. The predicted molar refractivity (Wildman–Crippen MR) is 89.5 cm³/mol. The largest absolute Gasteiger partial charge is 0.507 e. The van der Waals surface area contributed by atoms with Gasteiger partial charge in [0.25, 0.3) is 5.91 Å². The average Bonchev–Trinajstić information content (AvgIpc) is 2.50. The van der Waals surface area contributed by atoms with Crippen LogP contribution in [0.25, 0.3) is 10.8 Å². The van der Waals surface area contributed by atoms with E-state index in [1.807, 2.05) is 56.3 Å². The zero-order valence-corrected chi connectivity index (χ0v) is 12.6. The van der Waals surface area contributed by atoms with Gasteiger partial charge in [-0.25, -0.2) is 0 Å². The molecule has 22 heavy (non-hydrogen) atoms. The van der Waals surface area contributed by atoms with Crippen LogP contribution in [0.15, 0.2) is 54.6 Å². The SMILES string of the molecule is Cc1ccc(NC(=O)c2cc3ccccc3cc2O)cc1C. The van der Waals surface area contributed by atoms with Crippen molar-refractivity contribution in [2.24, 2.45) is 0 Å². The van der Waals surface area contributed by atoms with Gasteiger partial charge >= 0.3 is 0 Å². The number of hydrogen-bond donors (Lipinski definition) is 2. The van der Waals surface area contributed by atoms with Crippen LogP contribution in [0.1, 0.15) is 21.5 Å². The molecule has 0 aliphatic carbocycles. The van der Waals surface area contributed by atoms with E-state index in [-0.39, 0.29) is 17.2 Å². The molecule has 0 fully saturated rings. The number of amides is 1. The predicted octanol–water partition coefficient (Wildman–Crippen LogP) is 4.41. The van der Waals surface area contributed by atoms with Crippen LogP contribution in [0.4, 0.5) is 5.69 Å². The van der Waals surface area contributed by atoms with Crippen molar-refractivity contribution < 1.29 is 9.90 Å². The van der Waals surface area contributed by atoms with Crippen LogP contribution in [-0.4, -0.2) is 11.0 Å². The molecule has 0 saturated carbocycles. The van der Waals surface area contributed by atoms with Crippen LogP contribution in [0, 0.1) is 13.8 Å². The molecule has 1 amide bonds. The highest BCUT2D eigenvalue weighted by Gasteiger charge is 2.13. The third kappa shape index (κ3) is 2.66. The maximum atomic E-state index is 12.4. The van der Waals surface area contributed by atoms with E-state index in [9.17, 15) is 9.90 Å². The minimum atomic E-state index is -0.313.